The Hall–Kier alpha value is -0.650. The molecule has 0 saturated heterocycles. The summed E-state index contributed by atoms with van der Waals surface area (Å²) in [7, 11) is 0. The zero-order valence-electron chi connectivity index (χ0n) is 27.1. The van der Waals surface area contributed by atoms with Crippen LogP contribution in [0.4, 0.5) is 0 Å². The van der Waals surface area contributed by atoms with Crippen molar-refractivity contribution in [2.24, 2.45) is 63.4 Å². The topological polar surface area (TPSA) is 87.4 Å². The molecule has 4 rings (SSSR count). The second-order valence-corrected chi connectivity index (χ2v) is 15.9. The average Bonchev–Trinajstić information content (AvgIpc) is 3.26. The molecule has 10 atom stereocenters. The third-order valence-corrected chi connectivity index (χ3v) is 13.5. The Labute approximate surface area is 247 Å². The Bertz CT molecular complexity index is 833. The number of aliphatic hydroxyl groups excluding tert-OH is 1. The predicted octanol–water partition coefficient (Wildman–Crippen LogP) is 6.53. The summed E-state index contributed by atoms with van der Waals surface area (Å²) in [6.07, 6.45) is 15.2. The highest BCUT2D eigenvalue weighted by Crippen LogP contribution is 2.74. The average molecular weight is 560 g/mol. The molecular formula is C35H65N3O2. The van der Waals surface area contributed by atoms with Crippen molar-refractivity contribution in [3.8, 4) is 0 Å². The predicted molar refractivity (Wildman–Crippen MR) is 167 cm³/mol. The fraction of sp³-hybridized carbons (Fsp3) is 0.971. The van der Waals surface area contributed by atoms with Crippen LogP contribution in [0.3, 0.4) is 0 Å². The lowest BCUT2D eigenvalue weighted by Gasteiger charge is -2.68. The molecule has 5 heteroatoms. The van der Waals surface area contributed by atoms with Crippen molar-refractivity contribution in [3.05, 3.63) is 0 Å². The van der Waals surface area contributed by atoms with Crippen molar-refractivity contribution in [3.63, 3.8) is 0 Å². The first-order valence-electron chi connectivity index (χ1n) is 17.4. The first-order chi connectivity index (χ1) is 19.0. The molecule has 0 aromatic rings. The minimum absolute atomic E-state index is 0.114. The van der Waals surface area contributed by atoms with Gasteiger partial charge >= 0.3 is 0 Å². The quantitative estimate of drug-likeness (QED) is 0.193. The summed E-state index contributed by atoms with van der Waals surface area (Å²) in [6, 6.07) is 0. The second kappa shape index (κ2) is 13.3. The van der Waals surface area contributed by atoms with Crippen LogP contribution in [0, 0.1) is 57.7 Å². The van der Waals surface area contributed by atoms with Crippen molar-refractivity contribution in [2.75, 3.05) is 26.2 Å². The van der Waals surface area contributed by atoms with Crippen molar-refractivity contribution in [2.45, 2.75) is 131 Å². The van der Waals surface area contributed by atoms with Gasteiger partial charge in [-0.1, -0.05) is 54.4 Å². The van der Waals surface area contributed by atoms with Crippen molar-refractivity contribution < 1.29 is 9.90 Å². The Balaban J connectivity index is 1.47. The van der Waals surface area contributed by atoms with Gasteiger partial charge in [-0.05, 0) is 142 Å². The van der Waals surface area contributed by atoms with E-state index in [2.05, 4.69) is 52.2 Å². The van der Waals surface area contributed by atoms with Gasteiger partial charge in [0.1, 0.15) is 0 Å². The van der Waals surface area contributed by atoms with E-state index in [4.69, 9.17) is 5.73 Å². The van der Waals surface area contributed by atoms with E-state index in [-0.39, 0.29) is 12.0 Å². The molecule has 40 heavy (non-hydrogen) atoms. The zero-order valence-corrected chi connectivity index (χ0v) is 27.1. The number of fused-ring (bicyclic) bond motifs is 5. The summed E-state index contributed by atoms with van der Waals surface area (Å²) in [5, 5.41) is 17.6. The maximum Gasteiger partial charge on any atom is 0.223 e. The molecule has 232 valence electrons. The van der Waals surface area contributed by atoms with Gasteiger partial charge in [0.25, 0.3) is 0 Å². The Kier molecular flexibility index (Phi) is 10.8. The molecule has 4 aliphatic rings. The van der Waals surface area contributed by atoms with Gasteiger partial charge in [-0.25, -0.2) is 0 Å². The lowest BCUT2D eigenvalue weighted by molar-refractivity contribution is -0.203. The van der Waals surface area contributed by atoms with Crippen molar-refractivity contribution in [1.82, 2.24) is 10.6 Å². The number of nitrogens with two attached hydrogens (primary N) is 1. The van der Waals surface area contributed by atoms with Crippen LogP contribution < -0.4 is 16.4 Å². The van der Waals surface area contributed by atoms with Gasteiger partial charge in [-0.15, -0.1) is 0 Å². The van der Waals surface area contributed by atoms with E-state index in [1.165, 1.54) is 51.4 Å². The summed E-state index contributed by atoms with van der Waals surface area (Å²) in [6.45, 7) is 18.3. The van der Waals surface area contributed by atoms with Crippen LogP contribution in [0.2, 0.25) is 0 Å². The standard InChI is InChI=1S/C35H65N3O2/c1-24(2)10-7-11-27(32(40)38-23-9-22-37-21-8-20-36)26-14-18-34(5)29(26)12-13-31-33(4)17-16-30(39)25(3)28(33)15-19-35(31,34)6/h24-31,37,39H,7-23,36H2,1-6H3,(H,38,40)/t25-,26+,27?,28?,29?,30+,31?,33-,34-,35-/m0/s1. The third-order valence-electron chi connectivity index (χ3n) is 13.5. The first-order valence-corrected chi connectivity index (χ1v) is 17.4. The van der Waals surface area contributed by atoms with Crippen LogP contribution in [-0.2, 0) is 4.79 Å². The highest BCUT2D eigenvalue weighted by molar-refractivity contribution is 5.79. The Morgan fingerprint density at radius 1 is 0.875 bits per heavy atom. The van der Waals surface area contributed by atoms with Gasteiger partial charge in [-0.3, -0.25) is 4.79 Å². The van der Waals surface area contributed by atoms with E-state index in [0.29, 0.717) is 51.7 Å². The number of amides is 1. The molecule has 4 unspecified atom stereocenters. The summed E-state index contributed by atoms with van der Waals surface area (Å²) >= 11 is 0. The van der Waals surface area contributed by atoms with Crippen LogP contribution in [0.25, 0.3) is 0 Å². The molecule has 4 saturated carbocycles. The van der Waals surface area contributed by atoms with Crippen molar-refractivity contribution >= 4 is 5.91 Å². The summed E-state index contributed by atoms with van der Waals surface area (Å²) < 4.78 is 0. The van der Waals surface area contributed by atoms with Crippen LogP contribution in [0.1, 0.15) is 125 Å². The zero-order chi connectivity index (χ0) is 29.1. The summed E-state index contributed by atoms with van der Waals surface area (Å²) in [5.41, 5.74) is 6.61. The molecule has 5 nitrogen and oxygen atoms in total. The molecule has 4 aliphatic carbocycles. The molecule has 1 amide bonds. The number of carbonyl (C=O) groups excluding carboxylic acids is 1. The number of carbonyl (C=O) groups is 1. The van der Waals surface area contributed by atoms with E-state index in [1.807, 2.05) is 0 Å². The van der Waals surface area contributed by atoms with Crippen molar-refractivity contribution in [1.29, 1.82) is 0 Å². The fourth-order valence-corrected chi connectivity index (χ4v) is 11.1. The maximum atomic E-state index is 13.8. The molecule has 0 radical (unpaired) electrons. The molecule has 0 aromatic heterocycles. The molecule has 0 bridgehead atoms. The van der Waals surface area contributed by atoms with Gasteiger partial charge in [-0.2, -0.15) is 0 Å². The summed E-state index contributed by atoms with van der Waals surface area (Å²) in [4.78, 5) is 13.8. The van der Waals surface area contributed by atoms with E-state index < -0.39 is 0 Å². The number of hydrogen-bond donors (Lipinski definition) is 4. The molecule has 4 fully saturated rings. The highest BCUT2D eigenvalue weighted by atomic mass is 16.3. The monoisotopic (exact) mass is 560 g/mol. The highest BCUT2D eigenvalue weighted by Gasteiger charge is 2.67. The van der Waals surface area contributed by atoms with Crippen LogP contribution >= 0.6 is 0 Å². The van der Waals surface area contributed by atoms with Gasteiger partial charge < -0.3 is 21.5 Å². The van der Waals surface area contributed by atoms with Gasteiger partial charge in [0.05, 0.1) is 6.10 Å². The molecule has 5 N–H and O–H groups in total. The van der Waals surface area contributed by atoms with Crippen LogP contribution in [0.15, 0.2) is 0 Å². The fourth-order valence-electron chi connectivity index (χ4n) is 11.1. The Morgan fingerprint density at radius 2 is 1.60 bits per heavy atom. The molecule has 0 heterocycles. The van der Waals surface area contributed by atoms with Crippen LogP contribution in [-0.4, -0.2) is 43.3 Å². The smallest absolute Gasteiger partial charge is 0.223 e. The minimum Gasteiger partial charge on any atom is -0.393 e. The number of rotatable bonds is 13. The maximum absolute atomic E-state index is 13.8. The lowest BCUT2D eigenvalue weighted by Crippen LogP contribution is -2.62. The van der Waals surface area contributed by atoms with Gasteiger partial charge in [0.15, 0.2) is 0 Å². The normalized spacial score (nSPS) is 41.7. The van der Waals surface area contributed by atoms with E-state index in [9.17, 15) is 9.90 Å². The minimum atomic E-state index is -0.114. The van der Waals surface area contributed by atoms with Crippen LogP contribution in [0.5, 0.6) is 0 Å². The second-order valence-electron chi connectivity index (χ2n) is 15.9. The lowest BCUT2D eigenvalue weighted by atomic mass is 9.37. The molecule has 0 spiro atoms. The summed E-state index contributed by atoms with van der Waals surface area (Å²) in [5.74, 6) is 4.20. The van der Waals surface area contributed by atoms with E-state index >= 15 is 0 Å². The van der Waals surface area contributed by atoms with Gasteiger partial charge in [0, 0.05) is 12.5 Å². The Morgan fingerprint density at radius 3 is 2.33 bits per heavy atom. The number of aliphatic hydroxyl groups is 1. The molecule has 0 aliphatic heterocycles. The third kappa shape index (κ3) is 6.05. The van der Waals surface area contributed by atoms with E-state index in [1.54, 1.807) is 0 Å². The number of hydrogen-bond acceptors (Lipinski definition) is 4. The van der Waals surface area contributed by atoms with E-state index in [0.717, 1.165) is 64.2 Å². The largest absolute Gasteiger partial charge is 0.393 e. The number of nitrogens with one attached hydrogen (secondary N) is 2. The molecular weight excluding hydrogens is 494 g/mol. The first kappa shape index (κ1) is 32.3. The SMILES string of the molecule is CC(C)CCCC(C(=O)NCCCNCCCN)[C@H]1CC[C@@]2(C)C1CCC1[C@@]3(C)CC[C@@H](O)[C@@H](C)C3CC[C@@]12C. The van der Waals surface area contributed by atoms with Gasteiger partial charge in [0.2, 0.25) is 5.91 Å². The molecule has 0 aromatic carbocycles.